The van der Waals surface area contributed by atoms with E-state index < -0.39 is 24.0 Å². The Kier molecular flexibility index (Phi) is 6.73. The Labute approximate surface area is 151 Å². The molecule has 0 saturated heterocycles. The van der Waals surface area contributed by atoms with Gasteiger partial charge in [-0.1, -0.05) is 42.5 Å². The summed E-state index contributed by atoms with van der Waals surface area (Å²) in [4.78, 5) is 35.8. The molecule has 2 amide bonds. The molecular weight excluding hydrogens is 336 g/mol. The number of alkyl carbamates (subject to hydrolysis) is 1. The van der Waals surface area contributed by atoms with Crippen molar-refractivity contribution < 1.29 is 23.9 Å². The van der Waals surface area contributed by atoms with Crippen molar-refractivity contribution in [3.63, 3.8) is 0 Å². The second-order valence-corrected chi connectivity index (χ2v) is 5.45. The van der Waals surface area contributed by atoms with Crippen LogP contribution in [-0.4, -0.2) is 31.1 Å². The van der Waals surface area contributed by atoms with Crippen LogP contribution in [0.15, 0.2) is 54.6 Å². The minimum Gasteiger partial charge on any atom is -0.465 e. The first-order chi connectivity index (χ1) is 12.5. The Hall–Kier alpha value is -3.35. The van der Waals surface area contributed by atoms with Crippen molar-refractivity contribution in [3.05, 3.63) is 65.7 Å². The molecule has 0 unspecified atom stereocenters. The highest BCUT2D eigenvalue weighted by atomic mass is 16.5. The van der Waals surface area contributed by atoms with Gasteiger partial charge < -0.3 is 20.1 Å². The lowest BCUT2D eigenvalue weighted by atomic mass is 10.1. The van der Waals surface area contributed by atoms with Gasteiger partial charge in [0, 0.05) is 0 Å². The number of hydrogen-bond donors (Lipinski definition) is 2. The predicted molar refractivity (Wildman–Crippen MR) is 95.6 cm³/mol. The predicted octanol–water partition coefficient (Wildman–Crippen LogP) is 2.73. The molecule has 0 fully saturated rings. The van der Waals surface area contributed by atoms with Crippen molar-refractivity contribution >= 4 is 23.7 Å². The van der Waals surface area contributed by atoms with E-state index in [1.165, 1.54) is 20.1 Å². The van der Waals surface area contributed by atoms with Crippen LogP contribution < -0.4 is 10.6 Å². The summed E-state index contributed by atoms with van der Waals surface area (Å²) in [5, 5.41) is 5.04. The molecule has 0 saturated carbocycles. The standard InChI is InChI=1S/C19H20N2O5/c1-13(20-19(24)26-12-14-8-4-3-5-9-14)17(22)21-16-11-7-6-10-15(16)18(23)25-2/h3-11,13H,12H2,1-2H3,(H,20,24)(H,21,22)/t13-/m0/s1. The molecule has 0 bridgehead atoms. The van der Waals surface area contributed by atoms with E-state index >= 15 is 0 Å². The molecule has 0 aliphatic rings. The fourth-order valence-electron chi connectivity index (χ4n) is 2.13. The lowest BCUT2D eigenvalue weighted by Crippen LogP contribution is -2.42. The molecule has 0 aliphatic carbocycles. The van der Waals surface area contributed by atoms with Crippen molar-refractivity contribution in [3.8, 4) is 0 Å². The molecule has 7 nitrogen and oxygen atoms in total. The second kappa shape index (κ2) is 9.22. The van der Waals surface area contributed by atoms with E-state index in [9.17, 15) is 14.4 Å². The Morgan fingerprint density at radius 1 is 1.00 bits per heavy atom. The normalized spacial score (nSPS) is 11.2. The molecule has 7 heteroatoms. The maximum Gasteiger partial charge on any atom is 0.408 e. The quantitative estimate of drug-likeness (QED) is 0.776. The third kappa shape index (κ3) is 5.34. The minimum atomic E-state index is -0.857. The molecule has 2 N–H and O–H groups in total. The van der Waals surface area contributed by atoms with Crippen molar-refractivity contribution in [2.45, 2.75) is 19.6 Å². The second-order valence-electron chi connectivity index (χ2n) is 5.45. The molecular formula is C19H20N2O5. The average molecular weight is 356 g/mol. The number of benzene rings is 2. The maximum atomic E-state index is 12.3. The number of carbonyl (C=O) groups excluding carboxylic acids is 3. The molecule has 0 radical (unpaired) electrons. The fourth-order valence-corrected chi connectivity index (χ4v) is 2.13. The molecule has 0 aromatic heterocycles. The van der Waals surface area contributed by atoms with Gasteiger partial charge in [0.2, 0.25) is 5.91 Å². The van der Waals surface area contributed by atoms with E-state index in [0.29, 0.717) is 5.69 Å². The summed E-state index contributed by atoms with van der Waals surface area (Å²) in [6, 6.07) is 14.8. The zero-order valence-corrected chi connectivity index (χ0v) is 14.5. The number of methoxy groups -OCH3 is 1. The van der Waals surface area contributed by atoms with Gasteiger partial charge in [-0.2, -0.15) is 0 Å². The highest BCUT2D eigenvalue weighted by Crippen LogP contribution is 2.16. The van der Waals surface area contributed by atoms with E-state index in [-0.39, 0.29) is 12.2 Å². The van der Waals surface area contributed by atoms with Crippen molar-refractivity contribution in [2.75, 3.05) is 12.4 Å². The Balaban J connectivity index is 1.89. The molecule has 2 aromatic rings. The van der Waals surface area contributed by atoms with Crippen molar-refractivity contribution in [1.29, 1.82) is 0 Å². The van der Waals surface area contributed by atoms with E-state index in [1.807, 2.05) is 30.3 Å². The topological polar surface area (TPSA) is 93.7 Å². The third-order valence-electron chi connectivity index (χ3n) is 3.53. The summed E-state index contributed by atoms with van der Waals surface area (Å²) < 4.78 is 9.75. The number of esters is 1. The molecule has 0 aliphatic heterocycles. The lowest BCUT2D eigenvalue weighted by Gasteiger charge is -2.15. The molecule has 2 rings (SSSR count). The van der Waals surface area contributed by atoms with Gasteiger partial charge in [-0.15, -0.1) is 0 Å². The zero-order chi connectivity index (χ0) is 18.9. The van der Waals surface area contributed by atoms with Gasteiger partial charge in [-0.25, -0.2) is 9.59 Å². The van der Waals surface area contributed by atoms with Gasteiger partial charge in [0.15, 0.2) is 0 Å². The summed E-state index contributed by atoms with van der Waals surface area (Å²) in [7, 11) is 1.26. The number of amides is 2. The number of anilines is 1. The summed E-state index contributed by atoms with van der Waals surface area (Å²) in [5.41, 5.74) is 1.37. The van der Waals surface area contributed by atoms with Crippen LogP contribution in [0.3, 0.4) is 0 Å². The van der Waals surface area contributed by atoms with Crippen LogP contribution in [-0.2, 0) is 20.9 Å². The minimum absolute atomic E-state index is 0.103. The van der Waals surface area contributed by atoms with Crippen LogP contribution in [0.4, 0.5) is 10.5 Å². The van der Waals surface area contributed by atoms with Crippen LogP contribution in [0.1, 0.15) is 22.8 Å². The molecule has 0 spiro atoms. The Bertz CT molecular complexity index is 777. The molecule has 0 heterocycles. The zero-order valence-electron chi connectivity index (χ0n) is 14.5. The van der Waals surface area contributed by atoms with E-state index in [0.717, 1.165) is 5.56 Å². The Morgan fingerprint density at radius 2 is 1.65 bits per heavy atom. The molecule has 26 heavy (non-hydrogen) atoms. The smallest absolute Gasteiger partial charge is 0.408 e. The van der Waals surface area contributed by atoms with Crippen LogP contribution in [0.25, 0.3) is 0 Å². The average Bonchev–Trinajstić information content (AvgIpc) is 2.67. The highest BCUT2D eigenvalue weighted by molar-refractivity contribution is 6.03. The Morgan fingerprint density at radius 3 is 2.35 bits per heavy atom. The summed E-state index contributed by atoms with van der Waals surface area (Å²) in [6.07, 6.45) is -0.710. The van der Waals surface area contributed by atoms with Gasteiger partial charge in [-0.05, 0) is 24.6 Å². The summed E-state index contributed by atoms with van der Waals surface area (Å²) in [5.74, 6) is -1.05. The van der Waals surface area contributed by atoms with E-state index in [2.05, 4.69) is 15.4 Å². The van der Waals surface area contributed by atoms with E-state index in [1.54, 1.807) is 18.2 Å². The van der Waals surface area contributed by atoms with Crippen LogP contribution in [0, 0.1) is 0 Å². The van der Waals surface area contributed by atoms with Gasteiger partial charge in [0.1, 0.15) is 12.6 Å². The number of hydrogen-bond acceptors (Lipinski definition) is 5. The number of nitrogens with one attached hydrogen (secondary N) is 2. The van der Waals surface area contributed by atoms with Crippen LogP contribution in [0.5, 0.6) is 0 Å². The number of para-hydroxylation sites is 1. The summed E-state index contributed by atoms with van der Waals surface area (Å²) >= 11 is 0. The van der Waals surface area contributed by atoms with Crippen molar-refractivity contribution in [2.24, 2.45) is 0 Å². The number of carbonyl (C=O) groups is 3. The molecule has 1 atom stereocenters. The molecule has 136 valence electrons. The van der Waals surface area contributed by atoms with Gasteiger partial charge in [0.25, 0.3) is 0 Å². The largest absolute Gasteiger partial charge is 0.465 e. The fraction of sp³-hybridized carbons (Fsp3) is 0.211. The van der Waals surface area contributed by atoms with E-state index in [4.69, 9.17) is 4.74 Å². The number of rotatable bonds is 6. The van der Waals surface area contributed by atoms with Crippen LogP contribution in [0.2, 0.25) is 0 Å². The van der Waals surface area contributed by atoms with Gasteiger partial charge in [0.05, 0.1) is 18.4 Å². The first kappa shape index (κ1) is 19.0. The maximum absolute atomic E-state index is 12.3. The third-order valence-corrected chi connectivity index (χ3v) is 3.53. The summed E-state index contributed by atoms with van der Waals surface area (Å²) in [6.45, 7) is 1.62. The first-order valence-electron chi connectivity index (χ1n) is 7.96. The monoisotopic (exact) mass is 356 g/mol. The first-order valence-corrected chi connectivity index (χ1v) is 7.96. The van der Waals surface area contributed by atoms with Crippen molar-refractivity contribution in [1.82, 2.24) is 5.32 Å². The van der Waals surface area contributed by atoms with Gasteiger partial charge in [-0.3, -0.25) is 4.79 Å². The van der Waals surface area contributed by atoms with Crippen LogP contribution >= 0.6 is 0 Å². The SMILES string of the molecule is COC(=O)c1ccccc1NC(=O)[C@H](C)NC(=O)OCc1ccccc1. The molecule has 2 aromatic carbocycles. The lowest BCUT2D eigenvalue weighted by molar-refractivity contribution is -0.117. The highest BCUT2D eigenvalue weighted by Gasteiger charge is 2.19. The number of ether oxygens (including phenoxy) is 2. The van der Waals surface area contributed by atoms with Gasteiger partial charge >= 0.3 is 12.1 Å².